The number of amides is 5. The van der Waals surface area contributed by atoms with Crippen molar-refractivity contribution in [3.63, 3.8) is 0 Å². The fourth-order valence-corrected chi connectivity index (χ4v) is 8.13. The fraction of sp³-hybridized carbons (Fsp3) is 0.262. The Morgan fingerprint density at radius 1 is 1.00 bits per heavy atom. The number of hydrogen-bond donors (Lipinski definition) is 4. The molecule has 18 heteroatoms. The van der Waals surface area contributed by atoms with Gasteiger partial charge in [0.2, 0.25) is 11.8 Å². The molecule has 5 amide bonds. The molecule has 60 heavy (non-hydrogen) atoms. The predicted octanol–water partition coefficient (Wildman–Crippen LogP) is 4.10. The van der Waals surface area contributed by atoms with Gasteiger partial charge in [0, 0.05) is 58.8 Å². The van der Waals surface area contributed by atoms with Crippen LogP contribution in [0.4, 0.5) is 16.3 Å². The monoisotopic (exact) mass is 835 g/mol. The van der Waals surface area contributed by atoms with E-state index in [0.717, 1.165) is 22.5 Å². The minimum atomic E-state index is -4.81. The number of benzene rings is 3. The highest BCUT2D eigenvalue weighted by Crippen LogP contribution is 2.38. The summed E-state index contributed by atoms with van der Waals surface area (Å²) < 4.78 is 18.0. The number of carbonyl (C=O) groups is 4. The van der Waals surface area contributed by atoms with E-state index in [0.29, 0.717) is 22.2 Å². The summed E-state index contributed by atoms with van der Waals surface area (Å²) in [6.07, 6.45) is 4.03. The predicted molar refractivity (Wildman–Crippen MR) is 224 cm³/mol. The van der Waals surface area contributed by atoms with Crippen molar-refractivity contribution in [3.8, 4) is 5.75 Å². The molecule has 312 valence electrons. The molecule has 4 N–H and O–H groups in total. The van der Waals surface area contributed by atoms with Crippen molar-refractivity contribution in [2.24, 2.45) is 7.05 Å². The van der Waals surface area contributed by atoms with Crippen molar-refractivity contribution in [2.45, 2.75) is 31.7 Å². The van der Waals surface area contributed by atoms with Crippen LogP contribution in [0.15, 0.2) is 110 Å². The Balaban J connectivity index is 1.22. The van der Waals surface area contributed by atoms with E-state index in [1.54, 1.807) is 52.6 Å². The molecule has 0 bridgehead atoms. The molecule has 5 aromatic rings. The van der Waals surface area contributed by atoms with Gasteiger partial charge in [-0.3, -0.25) is 24.2 Å². The lowest BCUT2D eigenvalue weighted by Gasteiger charge is -2.55. The van der Waals surface area contributed by atoms with E-state index in [1.165, 1.54) is 22.0 Å². The van der Waals surface area contributed by atoms with Crippen LogP contribution in [-0.2, 0) is 40.7 Å². The first-order chi connectivity index (χ1) is 28.7. The van der Waals surface area contributed by atoms with E-state index in [9.17, 15) is 33.5 Å². The lowest BCUT2D eigenvalue weighted by atomic mass is 9.98. The molecule has 0 saturated carbocycles. The van der Waals surface area contributed by atoms with Gasteiger partial charge < -0.3 is 34.4 Å². The SMILES string of the molecule is C=CCN1CC(=O)N2[C@@H](Cc3ccc(OP(=O)(O)O)cc3)C(=O)N(Cc3cccc4c(C(=O)Nc5ccc(N(C)C)nc5)cn(C)c34)C[C@@H]2N1C(=O)NCc1ccccc1. The summed E-state index contributed by atoms with van der Waals surface area (Å²) in [6, 6.07) is 22.9. The Morgan fingerprint density at radius 3 is 2.42 bits per heavy atom. The highest BCUT2D eigenvalue weighted by Gasteiger charge is 2.51. The molecular weight excluding hydrogens is 789 g/mol. The van der Waals surface area contributed by atoms with E-state index in [-0.39, 0.29) is 62.6 Å². The smallest absolute Gasteiger partial charge is 0.404 e. The average molecular weight is 836 g/mol. The number of fused-ring (bicyclic) bond motifs is 2. The van der Waals surface area contributed by atoms with E-state index >= 15 is 0 Å². The molecule has 3 aromatic carbocycles. The number of piperazine rings is 1. The third-order valence-corrected chi connectivity index (χ3v) is 10.8. The van der Waals surface area contributed by atoms with Crippen LogP contribution < -0.4 is 20.1 Å². The topological polar surface area (TPSA) is 193 Å². The average Bonchev–Trinajstić information content (AvgIpc) is 3.56. The number of hydrogen-bond acceptors (Lipinski definition) is 9. The minimum Gasteiger partial charge on any atom is -0.404 e. The third-order valence-electron chi connectivity index (χ3n) is 10.4. The number of aromatic nitrogens is 2. The maximum absolute atomic E-state index is 14.8. The zero-order valence-corrected chi connectivity index (χ0v) is 34.2. The van der Waals surface area contributed by atoms with Crippen LogP contribution in [0.5, 0.6) is 5.75 Å². The molecule has 4 heterocycles. The molecule has 7 rings (SSSR count). The summed E-state index contributed by atoms with van der Waals surface area (Å²) in [5, 5.41) is 9.68. The number of phosphoric acid groups is 1. The second-order valence-corrected chi connectivity index (χ2v) is 16.0. The van der Waals surface area contributed by atoms with Gasteiger partial charge in [0.15, 0.2) is 0 Å². The van der Waals surface area contributed by atoms with Gasteiger partial charge in [0.25, 0.3) is 5.91 Å². The standard InChI is InChI=1S/C42H46N9O8P/c1-5-20-49-27-38(52)50-35(21-28-14-17-32(18-15-28)59-60(56,57)58)41(54)48(26-37(50)51(49)42(55)44-22-29-10-7-6-8-11-29)24-30-12-9-13-33-34(25-47(4)39(30)33)40(53)45-31-16-19-36(43-23-31)46(2)3/h5-19,23,25,35,37H,1,20-22,24,26-27H2,2-4H3,(H,44,55)(H,45,53)(H2,56,57,58)/t35-,37-/m0/s1. The summed E-state index contributed by atoms with van der Waals surface area (Å²) in [5.41, 5.74) is 3.86. The van der Waals surface area contributed by atoms with Gasteiger partial charge in [-0.2, -0.15) is 0 Å². The second kappa shape index (κ2) is 17.4. The normalized spacial score (nSPS) is 17.1. The number of anilines is 2. The first kappa shape index (κ1) is 41.6. The summed E-state index contributed by atoms with van der Waals surface area (Å²) in [5.74, 6) is -0.387. The van der Waals surface area contributed by atoms with Crippen LogP contribution in [-0.4, -0.2) is 109 Å². The van der Waals surface area contributed by atoms with E-state index < -0.39 is 26.1 Å². The Kier molecular flexibility index (Phi) is 12.1. The number of hydrazine groups is 1. The molecular formula is C42H46N9O8P. The van der Waals surface area contributed by atoms with Crippen LogP contribution in [0.25, 0.3) is 10.9 Å². The second-order valence-electron chi connectivity index (χ2n) is 14.8. The van der Waals surface area contributed by atoms with Crippen molar-refractivity contribution in [1.82, 2.24) is 34.7 Å². The van der Waals surface area contributed by atoms with E-state index in [2.05, 4.69) is 22.2 Å². The Hall–Kier alpha value is -6.52. The zero-order chi connectivity index (χ0) is 42.7. The number of phosphoric ester groups is 1. The number of aryl methyl sites for hydroxylation is 1. The highest BCUT2D eigenvalue weighted by atomic mass is 31.2. The van der Waals surface area contributed by atoms with Crippen LogP contribution in [0, 0.1) is 0 Å². The molecule has 0 radical (unpaired) electrons. The number of para-hydroxylation sites is 1. The maximum atomic E-state index is 14.8. The van der Waals surface area contributed by atoms with Gasteiger partial charge in [-0.25, -0.2) is 24.4 Å². The Labute approximate surface area is 346 Å². The first-order valence-electron chi connectivity index (χ1n) is 19.1. The number of urea groups is 1. The summed E-state index contributed by atoms with van der Waals surface area (Å²) in [7, 11) is 0.765. The van der Waals surface area contributed by atoms with Gasteiger partial charge in [-0.1, -0.05) is 66.7 Å². The molecule has 0 spiro atoms. The van der Waals surface area contributed by atoms with Crippen molar-refractivity contribution in [3.05, 3.63) is 132 Å². The van der Waals surface area contributed by atoms with Crippen LogP contribution in [0.2, 0.25) is 0 Å². The number of pyridine rings is 1. The van der Waals surface area contributed by atoms with Gasteiger partial charge >= 0.3 is 13.9 Å². The van der Waals surface area contributed by atoms with Crippen molar-refractivity contribution >= 4 is 54.0 Å². The highest BCUT2D eigenvalue weighted by molar-refractivity contribution is 7.46. The largest absolute Gasteiger partial charge is 0.524 e. The van der Waals surface area contributed by atoms with Crippen LogP contribution in [0.3, 0.4) is 0 Å². The number of nitrogens with one attached hydrogen (secondary N) is 2. The molecule has 2 saturated heterocycles. The number of rotatable bonds is 13. The lowest BCUT2D eigenvalue weighted by molar-refractivity contribution is -0.189. The molecule has 2 aliphatic heterocycles. The van der Waals surface area contributed by atoms with Gasteiger partial charge in [0.1, 0.15) is 23.8 Å². The number of nitrogens with zero attached hydrogens (tertiary/aromatic N) is 7. The Bertz CT molecular complexity index is 2460. The van der Waals surface area contributed by atoms with E-state index in [1.807, 2.05) is 79.1 Å². The molecule has 0 aliphatic carbocycles. The summed E-state index contributed by atoms with van der Waals surface area (Å²) in [4.78, 5) is 84.7. The first-order valence-corrected chi connectivity index (χ1v) is 20.7. The zero-order valence-electron chi connectivity index (χ0n) is 33.3. The van der Waals surface area contributed by atoms with Crippen LogP contribution >= 0.6 is 7.82 Å². The molecule has 2 aromatic heterocycles. The summed E-state index contributed by atoms with van der Waals surface area (Å²) >= 11 is 0. The van der Waals surface area contributed by atoms with Crippen molar-refractivity contribution < 1.29 is 38.1 Å². The van der Waals surface area contributed by atoms with Crippen molar-refractivity contribution in [2.75, 3.05) is 43.9 Å². The molecule has 2 aliphatic rings. The fourth-order valence-electron chi connectivity index (χ4n) is 7.74. The van der Waals surface area contributed by atoms with Gasteiger partial charge in [-0.15, -0.1) is 6.58 Å². The van der Waals surface area contributed by atoms with Gasteiger partial charge in [0.05, 0.1) is 36.1 Å². The van der Waals surface area contributed by atoms with Gasteiger partial charge in [-0.05, 0) is 41.0 Å². The number of carbonyl (C=O) groups excluding carboxylic acids is 4. The van der Waals surface area contributed by atoms with E-state index in [4.69, 9.17) is 4.52 Å². The minimum absolute atomic E-state index is 0.0255. The molecule has 17 nitrogen and oxygen atoms in total. The third kappa shape index (κ3) is 9.04. The Morgan fingerprint density at radius 2 is 1.75 bits per heavy atom. The molecule has 0 unspecified atom stereocenters. The quantitative estimate of drug-likeness (QED) is 0.0987. The molecule has 2 atom stereocenters. The lowest BCUT2D eigenvalue weighted by Crippen LogP contribution is -2.76. The summed E-state index contributed by atoms with van der Waals surface area (Å²) in [6.45, 7) is 4.11. The maximum Gasteiger partial charge on any atom is 0.524 e. The van der Waals surface area contributed by atoms with Crippen LogP contribution in [0.1, 0.15) is 27.0 Å². The van der Waals surface area contributed by atoms with Crippen molar-refractivity contribution in [1.29, 1.82) is 0 Å². The molecule has 2 fully saturated rings.